The molecular formula is C23H26N2O3. The molecule has 0 N–H and O–H groups in total. The first kappa shape index (κ1) is 17.4. The number of carbonyl (C=O) groups excluding carboxylic acids is 1. The number of aryl methyl sites for hydroxylation is 1. The maximum Gasteiger partial charge on any atom is 0.231 e. The van der Waals surface area contributed by atoms with E-state index in [1.165, 1.54) is 24.1 Å². The highest BCUT2D eigenvalue weighted by Gasteiger charge is 2.25. The standard InChI is InChI=1S/C23H26N2O3/c26-23(15-17-5-8-21-22(14-17)28-13-12-27-21)25-11-3-4-18-6-7-19(16-20(18)25)24-9-1-2-10-24/h5-8,14,16H,1-4,9-13,15H2. The van der Waals surface area contributed by atoms with Crippen molar-refractivity contribution in [1.82, 2.24) is 0 Å². The van der Waals surface area contributed by atoms with Crippen LogP contribution in [0.15, 0.2) is 36.4 Å². The van der Waals surface area contributed by atoms with Gasteiger partial charge in [0.05, 0.1) is 6.42 Å². The summed E-state index contributed by atoms with van der Waals surface area (Å²) >= 11 is 0. The number of benzene rings is 2. The Bertz CT molecular complexity index is 889. The highest BCUT2D eigenvalue weighted by atomic mass is 16.6. The van der Waals surface area contributed by atoms with Crippen molar-refractivity contribution in [1.29, 1.82) is 0 Å². The van der Waals surface area contributed by atoms with Gasteiger partial charge in [-0.2, -0.15) is 0 Å². The number of fused-ring (bicyclic) bond motifs is 2. The van der Waals surface area contributed by atoms with Crippen molar-refractivity contribution in [3.05, 3.63) is 47.5 Å². The average molecular weight is 378 g/mol. The van der Waals surface area contributed by atoms with Gasteiger partial charge < -0.3 is 19.3 Å². The lowest BCUT2D eigenvalue weighted by Gasteiger charge is -2.31. The van der Waals surface area contributed by atoms with Crippen LogP contribution >= 0.6 is 0 Å². The SMILES string of the molecule is O=C(Cc1ccc2c(c1)OCCO2)N1CCCc2ccc(N3CCCC3)cc21. The van der Waals surface area contributed by atoms with E-state index in [0.29, 0.717) is 19.6 Å². The normalized spacial score (nSPS) is 18.1. The molecule has 3 aliphatic rings. The number of hydrogen-bond acceptors (Lipinski definition) is 4. The van der Waals surface area contributed by atoms with Crippen molar-refractivity contribution in [3.63, 3.8) is 0 Å². The predicted molar refractivity (Wildman–Crippen MR) is 110 cm³/mol. The van der Waals surface area contributed by atoms with Gasteiger partial charge in [-0.05, 0) is 61.1 Å². The summed E-state index contributed by atoms with van der Waals surface area (Å²) in [4.78, 5) is 17.6. The summed E-state index contributed by atoms with van der Waals surface area (Å²) in [6.45, 7) is 4.16. The van der Waals surface area contributed by atoms with E-state index in [2.05, 4.69) is 23.1 Å². The highest BCUT2D eigenvalue weighted by Crippen LogP contribution is 2.34. The van der Waals surface area contributed by atoms with E-state index in [9.17, 15) is 4.79 Å². The highest BCUT2D eigenvalue weighted by molar-refractivity contribution is 5.96. The van der Waals surface area contributed by atoms with E-state index in [-0.39, 0.29) is 5.91 Å². The number of carbonyl (C=O) groups is 1. The molecular weight excluding hydrogens is 352 g/mol. The van der Waals surface area contributed by atoms with E-state index in [1.54, 1.807) is 0 Å². The Kier molecular flexibility index (Phi) is 4.59. The molecule has 5 rings (SSSR count). The Balaban J connectivity index is 1.38. The maximum absolute atomic E-state index is 13.2. The fraction of sp³-hybridized carbons (Fsp3) is 0.435. The minimum atomic E-state index is 0.149. The van der Waals surface area contributed by atoms with Crippen LogP contribution in [0.2, 0.25) is 0 Å². The summed E-state index contributed by atoms with van der Waals surface area (Å²) in [5.74, 6) is 1.66. The summed E-state index contributed by atoms with van der Waals surface area (Å²) in [6, 6.07) is 12.5. The second-order valence-electron chi connectivity index (χ2n) is 7.81. The molecule has 3 aliphatic heterocycles. The van der Waals surface area contributed by atoms with Crippen LogP contribution in [0.5, 0.6) is 11.5 Å². The van der Waals surface area contributed by atoms with E-state index < -0.39 is 0 Å². The Morgan fingerprint density at radius 3 is 2.57 bits per heavy atom. The van der Waals surface area contributed by atoms with E-state index >= 15 is 0 Å². The summed E-state index contributed by atoms with van der Waals surface area (Å²) in [6.07, 6.45) is 4.95. The van der Waals surface area contributed by atoms with Crippen LogP contribution in [0.25, 0.3) is 0 Å². The van der Waals surface area contributed by atoms with Crippen LogP contribution in [0.4, 0.5) is 11.4 Å². The van der Waals surface area contributed by atoms with Gasteiger partial charge in [0, 0.05) is 31.0 Å². The quantitative estimate of drug-likeness (QED) is 0.819. The number of nitrogens with zero attached hydrogens (tertiary/aromatic N) is 2. The van der Waals surface area contributed by atoms with Crippen molar-refractivity contribution >= 4 is 17.3 Å². The van der Waals surface area contributed by atoms with Gasteiger partial charge >= 0.3 is 0 Å². The Morgan fingerprint density at radius 2 is 1.71 bits per heavy atom. The maximum atomic E-state index is 13.2. The van der Waals surface area contributed by atoms with Crippen LogP contribution in [0.1, 0.15) is 30.4 Å². The van der Waals surface area contributed by atoms with Crippen molar-refractivity contribution in [2.75, 3.05) is 42.6 Å². The van der Waals surface area contributed by atoms with E-state index in [1.807, 2.05) is 23.1 Å². The number of hydrogen-bond donors (Lipinski definition) is 0. The lowest BCUT2D eigenvalue weighted by Crippen LogP contribution is -2.36. The van der Waals surface area contributed by atoms with Crippen molar-refractivity contribution in [2.24, 2.45) is 0 Å². The molecule has 5 nitrogen and oxygen atoms in total. The molecule has 2 aromatic rings. The van der Waals surface area contributed by atoms with Gasteiger partial charge in [0.1, 0.15) is 13.2 Å². The molecule has 0 aromatic heterocycles. The number of amides is 1. The first-order valence-electron chi connectivity index (χ1n) is 10.3. The molecule has 0 unspecified atom stereocenters. The van der Waals surface area contributed by atoms with Crippen molar-refractivity contribution < 1.29 is 14.3 Å². The summed E-state index contributed by atoms with van der Waals surface area (Å²) in [5, 5.41) is 0. The molecule has 0 bridgehead atoms. The van der Waals surface area contributed by atoms with Crippen LogP contribution in [-0.2, 0) is 17.6 Å². The third-order valence-corrected chi connectivity index (χ3v) is 5.92. The minimum Gasteiger partial charge on any atom is -0.486 e. The molecule has 0 atom stereocenters. The molecule has 1 fully saturated rings. The minimum absolute atomic E-state index is 0.149. The number of anilines is 2. The molecule has 2 aromatic carbocycles. The number of ether oxygens (including phenoxy) is 2. The second-order valence-corrected chi connectivity index (χ2v) is 7.81. The van der Waals surface area contributed by atoms with Crippen molar-refractivity contribution in [2.45, 2.75) is 32.1 Å². The topological polar surface area (TPSA) is 42.0 Å². The van der Waals surface area contributed by atoms with Gasteiger partial charge in [0.2, 0.25) is 5.91 Å². The Hall–Kier alpha value is -2.69. The first-order chi connectivity index (χ1) is 13.8. The predicted octanol–water partition coefficient (Wildman–Crippen LogP) is 3.58. The summed E-state index contributed by atoms with van der Waals surface area (Å²) < 4.78 is 11.2. The molecule has 0 saturated carbocycles. The molecule has 28 heavy (non-hydrogen) atoms. The van der Waals surface area contributed by atoms with Gasteiger partial charge in [-0.1, -0.05) is 12.1 Å². The molecule has 3 heterocycles. The first-order valence-corrected chi connectivity index (χ1v) is 10.3. The fourth-order valence-electron chi connectivity index (χ4n) is 4.46. The Morgan fingerprint density at radius 1 is 0.893 bits per heavy atom. The zero-order valence-corrected chi connectivity index (χ0v) is 16.2. The largest absolute Gasteiger partial charge is 0.486 e. The fourth-order valence-corrected chi connectivity index (χ4v) is 4.46. The van der Waals surface area contributed by atoms with Gasteiger partial charge in [-0.3, -0.25) is 4.79 Å². The zero-order chi connectivity index (χ0) is 18.9. The van der Waals surface area contributed by atoms with E-state index in [0.717, 1.165) is 55.2 Å². The second kappa shape index (κ2) is 7.38. The smallest absolute Gasteiger partial charge is 0.231 e. The van der Waals surface area contributed by atoms with Crippen LogP contribution < -0.4 is 19.3 Å². The monoisotopic (exact) mass is 378 g/mol. The molecule has 146 valence electrons. The molecule has 0 radical (unpaired) electrons. The zero-order valence-electron chi connectivity index (χ0n) is 16.2. The average Bonchev–Trinajstić information content (AvgIpc) is 3.28. The van der Waals surface area contributed by atoms with Crippen LogP contribution in [0, 0.1) is 0 Å². The van der Waals surface area contributed by atoms with Gasteiger partial charge in [0.15, 0.2) is 11.5 Å². The lowest BCUT2D eigenvalue weighted by atomic mass is 9.99. The Labute approximate surface area is 165 Å². The molecule has 1 amide bonds. The number of rotatable bonds is 3. The lowest BCUT2D eigenvalue weighted by molar-refractivity contribution is -0.118. The van der Waals surface area contributed by atoms with Gasteiger partial charge in [-0.15, -0.1) is 0 Å². The van der Waals surface area contributed by atoms with Gasteiger partial charge in [-0.25, -0.2) is 0 Å². The van der Waals surface area contributed by atoms with Crippen LogP contribution in [0.3, 0.4) is 0 Å². The van der Waals surface area contributed by atoms with Crippen LogP contribution in [-0.4, -0.2) is 38.8 Å². The van der Waals surface area contributed by atoms with Gasteiger partial charge in [0.25, 0.3) is 0 Å². The van der Waals surface area contributed by atoms with E-state index in [4.69, 9.17) is 9.47 Å². The third-order valence-electron chi connectivity index (χ3n) is 5.92. The summed E-state index contributed by atoms with van der Waals surface area (Å²) in [5.41, 5.74) is 4.59. The van der Waals surface area contributed by atoms with Crippen molar-refractivity contribution in [3.8, 4) is 11.5 Å². The molecule has 5 heteroatoms. The molecule has 0 spiro atoms. The molecule has 1 saturated heterocycles. The third kappa shape index (κ3) is 3.30. The summed E-state index contributed by atoms with van der Waals surface area (Å²) in [7, 11) is 0. The molecule has 0 aliphatic carbocycles.